The summed E-state index contributed by atoms with van der Waals surface area (Å²) in [4.78, 5) is 17.3. The second kappa shape index (κ2) is 6.05. The first kappa shape index (κ1) is 14.4. The molecule has 0 fully saturated rings. The summed E-state index contributed by atoms with van der Waals surface area (Å²) in [5.41, 5.74) is 2.13. The first-order valence-corrected chi connectivity index (χ1v) is 7.35. The first-order chi connectivity index (χ1) is 10.7. The maximum Gasteiger partial charge on any atom is 0.337 e. The second-order valence-electron chi connectivity index (χ2n) is 5.38. The number of ether oxygens (including phenoxy) is 1. The van der Waals surface area contributed by atoms with E-state index >= 15 is 0 Å². The molecule has 0 saturated heterocycles. The van der Waals surface area contributed by atoms with Crippen molar-refractivity contribution < 1.29 is 14.6 Å². The number of aromatic carboxylic acids is 1. The van der Waals surface area contributed by atoms with Crippen molar-refractivity contribution >= 4 is 11.7 Å². The Bertz CT molecular complexity index is 687. The summed E-state index contributed by atoms with van der Waals surface area (Å²) < 4.78 is 5.96. The van der Waals surface area contributed by atoms with Crippen molar-refractivity contribution in [1.29, 1.82) is 0 Å². The maximum atomic E-state index is 11.1. The molecule has 2 heterocycles. The van der Waals surface area contributed by atoms with Crippen LogP contribution in [0.15, 0.2) is 42.7 Å². The zero-order valence-electron chi connectivity index (χ0n) is 12.4. The molecule has 1 unspecified atom stereocenters. The van der Waals surface area contributed by atoms with E-state index in [0.717, 1.165) is 30.0 Å². The van der Waals surface area contributed by atoms with E-state index in [1.807, 2.05) is 24.3 Å². The highest BCUT2D eigenvalue weighted by Gasteiger charge is 2.24. The Labute approximate surface area is 129 Å². The summed E-state index contributed by atoms with van der Waals surface area (Å²) in [5, 5.41) is 9.08. The molecule has 0 radical (unpaired) electrons. The van der Waals surface area contributed by atoms with Crippen LogP contribution in [0.5, 0.6) is 5.75 Å². The molecule has 22 heavy (non-hydrogen) atoms. The van der Waals surface area contributed by atoms with Crippen LogP contribution >= 0.6 is 0 Å². The molecule has 1 aromatic heterocycles. The molecule has 5 nitrogen and oxygen atoms in total. The van der Waals surface area contributed by atoms with Crippen LogP contribution in [0.2, 0.25) is 0 Å². The van der Waals surface area contributed by atoms with E-state index in [9.17, 15) is 4.79 Å². The summed E-state index contributed by atoms with van der Waals surface area (Å²) in [6, 6.07) is 9.61. The predicted molar refractivity (Wildman–Crippen MR) is 83.4 cm³/mol. The van der Waals surface area contributed by atoms with Crippen molar-refractivity contribution in [2.24, 2.45) is 0 Å². The van der Waals surface area contributed by atoms with Gasteiger partial charge in [0, 0.05) is 18.9 Å². The topological polar surface area (TPSA) is 62.7 Å². The number of anilines is 1. The van der Waals surface area contributed by atoms with Gasteiger partial charge in [0.05, 0.1) is 17.8 Å². The number of carboxylic acid groups (broad SMARTS) is 1. The molecule has 2 aromatic rings. The number of aromatic nitrogens is 1. The fraction of sp³-hybridized carbons (Fsp3) is 0.294. The van der Waals surface area contributed by atoms with Crippen LogP contribution in [0.25, 0.3) is 0 Å². The second-order valence-corrected chi connectivity index (χ2v) is 5.38. The smallest absolute Gasteiger partial charge is 0.337 e. The van der Waals surface area contributed by atoms with E-state index in [2.05, 4.69) is 16.8 Å². The van der Waals surface area contributed by atoms with Crippen LogP contribution in [0.1, 0.15) is 29.3 Å². The number of hydrogen-bond acceptors (Lipinski definition) is 4. The molecule has 3 rings (SSSR count). The molecule has 0 spiro atoms. The summed E-state index contributed by atoms with van der Waals surface area (Å²) in [5.74, 6) is -0.0777. The van der Waals surface area contributed by atoms with Gasteiger partial charge in [-0.2, -0.15) is 0 Å². The van der Waals surface area contributed by atoms with Gasteiger partial charge < -0.3 is 14.7 Å². The summed E-state index contributed by atoms with van der Waals surface area (Å²) in [6.07, 6.45) is 4.16. The Hall–Kier alpha value is -2.56. The molecule has 1 aliphatic rings. The monoisotopic (exact) mass is 298 g/mol. The summed E-state index contributed by atoms with van der Waals surface area (Å²) in [6.45, 7) is 3.50. The molecule has 0 bridgehead atoms. The number of fused-ring (bicyclic) bond motifs is 1. The van der Waals surface area contributed by atoms with E-state index < -0.39 is 5.97 Å². The summed E-state index contributed by atoms with van der Waals surface area (Å²) in [7, 11) is 0. The number of hydrogen-bond donors (Lipinski definition) is 1. The number of nitrogens with zero attached hydrogens (tertiary/aromatic N) is 2. The van der Waals surface area contributed by atoms with Crippen LogP contribution in [-0.4, -0.2) is 28.7 Å². The number of benzene rings is 1. The molecule has 1 atom stereocenters. The molecule has 1 N–H and O–H groups in total. The molecular weight excluding hydrogens is 280 g/mol. The average molecular weight is 298 g/mol. The third kappa shape index (κ3) is 2.88. The van der Waals surface area contributed by atoms with Gasteiger partial charge in [0.2, 0.25) is 0 Å². The van der Waals surface area contributed by atoms with Gasteiger partial charge in [0.15, 0.2) is 0 Å². The van der Waals surface area contributed by atoms with Gasteiger partial charge in [-0.1, -0.05) is 19.1 Å². The fourth-order valence-corrected chi connectivity index (χ4v) is 2.65. The maximum absolute atomic E-state index is 11.1. The van der Waals surface area contributed by atoms with Crippen LogP contribution in [0.4, 0.5) is 5.69 Å². The largest absolute Gasteiger partial charge is 0.486 e. The number of rotatable bonds is 4. The van der Waals surface area contributed by atoms with Crippen molar-refractivity contribution in [3.63, 3.8) is 0 Å². The molecule has 0 amide bonds. The highest BCUT2D eigenvalue weighted by atomic mass is 16.5. The predicted octanol–water partition coefficient (Wildman–Crippen LogP) is 2.96. The Kier molecular flexibility index (Phi) is 3.96. The van der Waals surface area contributed by atoms with Crippen molar-refractivity contribution in [2.45, 2.75) is 26.0 Å². The van der Waals surface area contributed by atoms with Crippen LogP contribution in [0, 0.1) is 0 Å². The number of carbonyl (C=O) groups is 1. The third-order valence-corrected chi connectivity index (χ3v) is 3.79. The van der Waals surface area contributed by atoms with Gasteiger partial charge in [0.1, 0.15) is 11.9 Å². The van der Waals surface area contributed by atoms with Gasteiger partial charge in [-0.15, -0.1) is 0 Å². The SMILES string of the molecule is CCC1CN(Cc2cncc(C(=O)O)c2)c2ccccc2O1. The Morgan fingerprint density at radius 2 is 2.23 bits per heavy atom. The number of pyridine rings is 1. The quantitative estimate of drug-likeness (QED) is 0.940. The van der Waals surface area contributed by atoms with Gasteiger partial charge in [-0.3, -0.25) is 4.98 Å². The van der Waals surface area contributed by atoms with Crippen molar-refractivity contribution in [3.8, 4) is 5.75 Å². The zero-order chi connectivity index (χ0) is 15.5. The standard InChI is InChI=1S/C17H18N2O3/c1-2-14-11-19(15-5-3-4-6-16(15)22-14)10-12-7-13(17(20)21)9-18-8-12/h3-9,14H,2,10-11H2,1H3,(H,20,21). The van der Waals surface area contributed by atoms with E-state index in [0.29, 0.717) is 6.54 Å². The Morgan fingerprint density at radius 1 is 1.41 bits per heavy atom. The molecule has 114 valence electrons. The minimum atomic E-state index is -0.955. The minimum absolute atomic E-state index is 0.144. The van der Waals surface area contributed by atoms with Crippen molar-refractivity contribution in [2.75, 3.05) is 11.4 Å². The average Bonchev–Trinajstić information content (AvgIpc) is 2.55. The van der Waals surface area contributed by atoms with Crippen molar-refractivity contribution in [3.05, 3.63) is 53.9 Å². The summed E-state index contributed by atoms with van der Waals surface area (Å²) >= 11 is 0. The van der Waals surface area contributed by atoms with Crippen LogP contribution in [0.3, 0.4) is 0 Å². The van der Waals surface area contributed by atoms with E-state index in [1.54, 1.807) is 12.3 Å². The highest BCUT2D eigenvalue weighted by molar-refractivity contribution is 5.87. The molecule has 0 aliphatic carbocycles. The van der Waals surface area contributed by atoms with E-state index in [-0.39, 0.29) is 11.7 Å². The zero-order valence-corrected chi connectivity index (χ0v) is 12.4. The molecule has 5 heteroatoms. The lowest BCUT2D eigenvalue weighted by Gasteiger charge is -2.36. The Balaban J connectivity index is 1.88. The van der Waals surface area contributed by atoms with Gasteiger partial charge in [-0.05, 0) is 30.2 Å². The molecular formula is C17H18N2O3. The lowest BCUT2D eigenvalue weighted by molar-refractivity contribution is 0.0696. The van der Waals surface area contributed by atoms with Gasteiger partial charge in [-0.25, -0.2) is 4.79 Å². The van der Waals surface area contributed by atoms with Crippen molar-refractivity contribution in [1.82, 2.24) is 4.98 Å². The van der Waals surface area contributed by atoms with Gasteiger partial charge >= 0.3 is 5.97 Å². The highest BCUT2D eigenvalue weighted by Crippen LogP contribution is 2.34. The molecule has 1 aromatic carbocycles. The van der Waals surface area contributed by atoms with Gasteiger partial charge in [0.25, 0.3) is 0 Å². The lowest BCUT2D eigenvalue weighted by atomic mass is 10.1. The van der Waals surface area contributed by atoms with Crippen LogP contribution < -0.4 is 9.64 Å². The van der Waals surface area contributed by atoms with Crippen LogP contribution in [-0.2, 0) is 6.54 Å². The first-order valence-electron chi connectivity index (χ1n) is 7.35. The number of carboxylic acids is 1. The molecule has 0 saturated carbocycles. The third-order valence-electron chi connectivity index (χ3n) is 3.79. The van der Waals surface area contributed by atoms with E-state index in [1.165, 1.54) is 6.20 Å². The normalized spacial score (nSPS) is 16.8. The minimum Gasteiger partial charge on any atom is -0.486 e. The Morgan fingerprint density at radius 3 is 3.00 bits per heavy atom. The lowest BCUT2D eigenvalue weighted by Crippen LogP contribution is -2.39. The fourth-order valence-electron chi connectivity index (χ4n) is 2.65. The van der Waals surface area contributed by atoms with E-state index in [4.69, 9.17) is 9.84 Å². The molecule has 1 aliphatic heterocycles. The number of para-hydroxylation sites is 2.